The molecule has 0 spiro atoms. The summed E-state index contributed by atoms with van der Waals surface area (Å²) < 4.78 is 8.00. The molecule has 1 atom stereocenters. The van der Waals surface area contributed by atoms with Gasteiger partial charge in [0.1, 0.15) is 0 Å². The van der Waals surface area contributed by atoms with Gasteiger partial charge in [0, 0.05) is 21.2 Å². The summed E-state index contributed by atoms with van der Waals surface area (Å²) in [5, 5.41) is 3.66. The van der Waals surface area contributed by atoms with Crippen LogP contribution in [0.25, 0.3) is 0 Å². The van der Waals surface area contributed by atoms with Crippen LogP contribution in [-0.4, -0.2) is 19.3 Å². The number of benzene rings is 1. The van der Waals surface area contributed by atoms with Gasteiger partial charge >= 0.3 is 0 Å². The maximum atomic E-state index is 5.54. The van der Waals surface area contributed by atoms with Crippen LogP contribution >= 0.6 is 38.5 Å². The monoisotopic (exact) mass is 453 g/mol. The Bertz CT molecular complexity index is 423. The van der Waals surface area contributed by atoms with Crippen LogP contribution in [0.2, 0.25) is 0 Å². The second kappa shape index (κ2) is 8.71. The van der Waals surface area contributed by atoms with Gasteiger partial charge in [-0.05, 0) is 86.0 Å². The van der Waals surface area contributed by atoms with Gasteiger partial charge in [-0.25, -0.2) is 0 Å². The summed E-state index contributed by atoms with van der Waals surface area (Å²) in [4.78, 5) is 0. The molecule has 1 unspecified atom stereocenters. The zero-order valence-electron chi connectivity index (χ0n) is 12.8. The molecule has 0 fully saturated rings. The Hall–Kier alpha value is 0.350. The van der Waals surface area contributed by atoms with Gasteiger partial charge in [-0.1, -0.05) is 22.9 Å². The van der Waals surface area contributed by atoms with Gasteiger partial charge in [-0.3, -0.25) is 0 Å². The van der Waals surface area contributed by atoms with E-state index < -0.39 is 0 Å². The summed E-state index contributed by atoms with van der Waals surface area (Å²) in [6.45, 7) is 7.53. The zero-order valence-corrected chi connectivity index (χ0v) is 16.5. The lowest BCUT2D eigenvalue weighted by atomic mass is 9.95. The van der Waals surface area contributed by atoms with Crippen molar-refractivity contribution in [2.24, 2.45) is 0 Å². The molecule has 0 saturated carbocycles. The highest BCUT2D eigenvalue weighted by Crippen LogP contribution is 2.30. The number of rotatable bonds is 8. The van der Waals surface area contributed by atoms with Gasteiger partial charge in [0.2, 0.25) is 0 Å². The Morgan fingerprint density at radius 3 is 2.70 bits per heavy atom. The largest absolute Gasteiger partial charge is 0.379 e. The van der Waals surface area contributed by atoms with Crippen molar-refractivity contribution in [3.05, 3.63) is 31.8 Å². The van der Waals surface area contributed by atoms with Crippen molar-refractivity contribution >= 4 is 38.5 Å². The lowest BCUT2D eigenvalue weighted by Crippen LogP contribution is -2.28. The molecular formula is C16H25BrINO. The lowest BCUT2D eigenvalue weighted by molar-refractivity contribution is 0.0116. The van der Waals surface area contributed by atoms with E-state index >= 15 is 0 Å². The Morgan fingerprint density at radius 1 is 1.40 bits per heavy atom. The summed E-state index contributed by atoms with van der Waals surface area (Å²) in [6.07, 6.45) is 3.24. The highest BCUT2D eigenvalue weighted by atomic mass is 127. The molecule has 0 aromatic heterocycles. The molecule has 0 radical (unpaired) electrons. The number of methoxy groups -OCH3 is 1. The molecule has 2 nitrogen and oxygen atoms in total. The van der Waals surface area contributed by atoms with E-state index in [2.05, 4.69) is 82.8 Å². The van der Waals surface area contributed by atoms with E-state index in [1.807, 2.05) is 0 Å². The first kappa shape index (κ1) is 18.4. The SMILES string of the molecule is CCCNC(CCC(C)(C)OC)c1cc(I)ccc1Br. The molecule has 0 amide bonds. The standard InChI is InChI=1S/C16H25BrINO/c1-5-10-19-15(8-9-16(2,3)20-4)13-11-12(18)6-7-14(13)17/h6-7,11,15,19H,5,8-10H2,1-4H3. The third kappa shape index (κ3) is 6.00. The van der Waals surface area contributed by atoms with Gasteiger partial charge in [-0.2, -0.15) is 0 Å². The van der Waals surface area contributed by atoms with Crippen LogP contribution in [-0.2, 0) is 4.74 Å². The van der Waals surface area contributed by atoms with E-state index in [1.54, 1.807) is 7.11 Å². The molecule has 1 rings (SSSR count). The van der Waals surface area contributed by atoms with Gasteiger partial charge in [0.15, 0.2) is 0 Å². The number of hydrogen-bond acceptors (Lipinski definition) is 2. The molecule has 114 valence electrons. The van der Waals surface area contributed by atoms with Crippen LogP contribution in [0, 0.1) is 3.57 Å². The highest BCUT2D eigenvalue weighted by molar-refractivity contribution is 14.1. The number of nitrogens with one attached hydrogen (secondary N) is 1. The Kier molecular flexibility index (Phi) is 8.01. The molecule has 1 aromatic carbocycles. The first-order valence-corrected chi connectivity index (χ1v) is 9.00. The van der Waals surface area contributed by atoms with E-state index in [1.165, 1.54) is 13.6 Å². The van der Waals surface area contributed by atoms with Gasteiger partial charge in [0.25, 0.3) is 0 Å². The first-order valence-electron chi connectivity index (χ1n) is 7.13. The van der Waals surface area contributed by atoms with Crippen molar-refractivity contribution in [2.45, 2.75) is 51.7 Å². The molecule has 1 N–H and O–H groups in total. The maximum Gasteiger partial charge on any atom is 0.0623 e. The summed E-state index contributed by atoms with van der Waals surface area (Å²) in [7, 11) is 1.79. The molecule has 20 heavy (non-hydrogen) atoms. The zero-order chi connectivity index (χ0) is 15.2. The Labute approximate surface area is 145 Å². The van der Waals surface area contributed by atoms with Crippen LogP contribution in [0.15, 0.2) is 22.7 Å². The average molecular weight is 454 g/mol. The van der Waals surface area contributed by atoms with Crippen LogP contribution in [0.4, 0.5) is 0 Å². The highest BCUT2D eigenvalue weighted by Gasteiger charge is 2.21. The fraction of sp³-hybridized carbons (Fsp3) is 0.625. The number of halogens is 2. The molecule has 1 aromatic rings. The van der Waals surface area contributed by atoms with Crippen LogP contribution in [0.1, 0.15) is 51.6 Å². The van der Waals surface area contributed by atoms with E-state index in [9.17, 15) is 0 Å². The minimum absolute atomic E-state index is 0.0689. The molecule has 0 aliphatic rings. The van der Waals surface area contributed by atoms with Crippen molar-refractivity contribution in [1.29, 1.82) is 0 Å². The van der Waals surface area contributed by atoms with Gasteiger partial charge < -0.3 is 10.1 Å². The van der Waals surface area contributed by atoms with Gasteiger partial charge in [-0.15, -0.1) is 0 Å². The molecule has 4 heteroatoms. The minimum atomic E-state index is -0.0689. The van der Waals surface area contributed by atoms with Gasteiger partial charge in [0.05, 0.1) is 5.60 Å². The van der Waals surface area contributed by atoms with Crippen molar-refractivity contribution in [1.82, 2.24) is 5.32 Å². The fourth-order valence-electron chi connectivity index (χ4n) is 2.06. The van der Waals surface area contributed by atoms with Crippen molar-refractivity contribution in [2.75, 3.05) is 13.7 Å². The van der Waals surface area contributed by atoms with E-state index in [4.69, 9.17) is 4.74 Å². The summed E-state index contributed by atoms with van der Waals surface area (Å²) in [5.41, 5.74) is 1.28. The normalized spacial score (nSPS) is 13.5. The van der Waals surface area contributed by atoms with E-state index in [0.717, 1.165) is 25.8 Å². The molecule has 0 saturated heterocycles. The third-order valence-corrected chi connectivity index (χ3v) is 4.96. The minimum Gasteiger partial charge on any atom is -0.379 e. The second-order valence-corrected chi connectivity index (χ2v) is 7.78. The van der Waals surface area contributed by atoms with E-state index in [0.29, 0.717) is 6.04 Å². The van der Waals surface area contributed by atoms with E-state index in [-0.39, 0.29) is 5.60 Å². The second-order valence-electron chi connectivity index (χ2n) is 5.68. The average Bonchev–Trinajstić information content (AvgIpc) is 2.42. The quantitative estimate of drug-likeness (QED) is 0.539. The fourth-order valence-corrected chi connectivity index (χ4v) is 3.10. The van der Waals surface area contributed by atoms with Crippen molar-refractivity contribution in [3.8, 4) is 0 Å². The molecule has 0 heterocycles. The lowest BCUT2D eigenvalue weighted by Gasteiger charge is -2.27. The van der Waals surface area contributed by atoms with Crippen LogP contribution < -0.4 is 5.32 Å². The summed E-state index contributed by atoms with van der Waals surface area (Å²) >= 11 is 6.06. The molecule has 0 aliphatic carbocycles. The van der Waals surface area contributed by atoms with Crippen molar-refractivity contribution < 1.29 is 4.74 Å². The molecule has 0 aliphatic heterocycles. The summed E-state index contributed by atoms with van der Waals surface area (Å²) in [6, 6.07) is 6.90. The Morgan fingerprint density at radius 2 is 2.10 bits per heavy atom. The van der Waals surface area contributed by atoms with Crippen LogP contribution in [0.3, 0.4) is 0 Å². The third-order valence-electron chi connectivity index (χ3n) is 3.56. The first-order chi connectivity index (χ1) is 9.39. The number of hydrogen-bond donors (Lipinski definition) is 1. The predicted molar refractivity (Wildman–Crippen MR) is 98.2 cm³/mol. The topological polar surface area (TPSA) is 21.3 Å². The molecular weight excluding hydrogens is 429 g/mol. The summed E-state index contributed by atoms with van der Waals surface area (Å²) in [5.74, 6) is 0. The maximum absolute atomic E-state index is 5.54. The van der Waals surface area contributed by atoms with Crippen molar-refractivity contribution in [3.63, 3.8) is 0 Å². The Balaban J connectivity index is 2.85. The molecule has 0 bridgehead atoms. The van der Waals surface area contributed by atoms with Crippen LogP contribution in [0.5, 0.6) is 0 Å². The number of ether oxygens (including phenoxy) is 1. The smallest absolute Gasteiger partial charge is 0.0623 e. The predicted octanol–water partition coefficient (Wildman–Crippen LogP) is 5.30.